The van der Waals surface area contributed by atoms with Crippen molar-refractivity contribution in [2.24, 2.45) is 5.10 Å². The molecule has 1 N–H and O–H groups in total. The predicted octanol–water partition coefficient (Wildman–Crippen LogP) is 1.88. The molecule has 0 radical (unpaired) electrons. The van der Waals surface area contributed by atoms with Crippen LogP contribution in [0.4, 0.5) is 0 Å². The SMILES string of the molecule is CC(C)c1ccc(/C=N/NC(=O)C(=O)N2CCCC2)cc1. The van der Waals surface area contributed by atoms with Crippen LogP contribution in [0.15, 0.2) is 29.4 Å². The molecule has 2 amide bonds. The highest BCUT2D eigenvalue weighted by atomic mass is 16.2. The summed E-state index contributed by atoms with van der Waals surface area (Å²) in [6, 6.07) is 7.94. The molecule has 5 heteroatoms. The Morgan fingerprint density at radius 1 is 1.19 bits per heavy atom. The Hall–Kier alpha value is -2.17. The summed E-state index contributed by atoms with van der Waals surface area (Å²) in [5.74, 6) is -0.694. The molecule has 21 heavy (non-hydrogen) atoms. The first-order chi connectivity index (χ1) is 10.1. The summed E-state index contributed by atoms with van der Waals surface area (Å²) in [4.78, 5) is 25.0. The topological polar surface area (TPSA) is 61.8 Å². The van der Waals surface area contributed by atoms with Crippen LogP contribution in [-0.4, -0.2) is 36.0 Å². The van der Waals surface area contributed by atoms with E-state index in [1.54, 1.807) is 11.1 Å². The number of carbonyl (C=O) groups excluding carboxylic acids is 2. The number of hydrazone groups is 1. The Balaban J connectivity index is 1.86. The molecule has 1 aliphatic rings. The standard InChI is InChI=1S/C16H21N3O2/c1-12(2)14-7-5-13(6-8-14)11-17-18-15(20)16(21)19-9-3-4-10-19/h5-8,11-12H,3-4,9-10H2,1-2H3,(H,18,20)/b17-11+. The van der Waals surface area contributed by atoms with Gasteiger partial charge in [0.05, 0.1) is 6.21 Å². The Labute approximate surface area is 125 Å². The first-order valence-electron chi connectivity index (χ1n) is 7.30. The minimum absolute atomic E-state index is 0.480. The number of benzene rings is 1. The molecule has 0 aliphatic carbocycles. The molecular formula is C16H21N3O2. The lowest BCUT2D eigenvalue weighted by atomic mass is 10.0. The van der Waals surface area contributed by atoms with Crippen LogP contribution in [-0.2, 0) is 9.59 Å². The molecule has 1 aliphatic heterocycles. The molecule has 0 atom stereocenters. The Kier molecular flexibility index (Phi) is 5.09. The molecule has 2 rings (SSSR count). The summed E-state index contributed by atoms with van der Waals surface area (Å²) in [5, 5.41) is 3.84. The van der Waals surface area contributed by atoms with E-state index >= 15 is 0 Å². The summed E-state index contributed by atoms with van der Waals surface area (Å²) < 4.78 is 0. The molecule has 0 spiro atoms. The van der Waals surface area contributed by atoms with Gasteiger partial charge in [0.2, 0.25) is 0 Å². The first kappa shape index (κ1) is 15.2. The van der Waals surface area contributed by atoms with E-state index in [9.17, 15) is 9.59 Å². The lowest BCUT2D eigenvalue weighted by Crippen LogP contribution is -2.39. The van der Waals surface area contributed by atoms with Crippen molar-refractivity contribution >= 4 is 18.0 Å². The summed E-state index contributed by atoms with van der Waals surface area (Å²) in [7, 11) is 0. The van der Waals surface area contributed by atoms with Crippen LogP contribution >= 0.6 is 0 Å². The second-order valence-corrected chi connectivity index (χ2v) is 5.52. The summed E-state index contributed by atoms with van der Waals surface area (Å²) >= 11 is 0. The highest BCUT2D eigenvalue weighted by Crippen LogP contribution is 2.13. The third-order valence-electron chi connectivity index (χ3n) is 3.57. The van der Waals surface area contributed by atoms with Gasteiger partial charge in [-0.1, -0.05) is 38.1 Å². The second kappa shape index (κ2) is 7.02. The largest absolute Gasteiger partial charge is 0.334 e. The van der Waals surface area contributed by atoms with Crippen molar-refractivity contribution < 1.29 is 9.59 Å². The van der Waals surface area contributed by atoms with Crippen molar-refractivity contribution in [3.8, 4) is 0 Å². The number of hydrogen-bond acceptors (Lipinski definition) is 3. The van der Waals surface area contributed by atoms with Crippen LogP contribution < -0.4 is 5.43 Å². The van der Waals surface area contributed by atoms with Gasteiger partial charge in [-0.05, 0) is 29.9 Å². The number of carbonyl (C=O) groups is 2. The normalized spacial score (nSPS) is 14.9. The molecule has 0 bridgehead atoms. The van der Waals surface area contributed by atoms with Crippen molar-refractivity contribution in [2.75, 3.05) is 13.1 Å². The van der Waals surface area contributed by atoms with E-state index < -0.39 is 11.8 Å². The molecule has 5 nitrogen and oxygen atoms in total. The van der Waals surface area contributed by atoms with Gasteiger partial charge in [0.15, 0.2) is 0 Å². The zero-order valence-electron chi connectivity index (χ0n) is 12.5. The third kappa shape index (κ3) is 4.15. The zero-order chi connectivity index (χ0) is 15.2. The van der Waals surface area contributed by atoms with Crippen LogP contribution in [0.3, 0.4) is 0 Å². The maximum Gasteiger partial charge on any atom is 0.329 e. The second-order valence-electron chi connectivity index (χ2n) is 5.52. The lowest BCUT2D eigenvalue weighted by Gasteiger charge is -2.12. The fourth-order valence-corrected chi connectivity index (χ4v) is 2.24. The average Bonchev–Trinajstić information content (AvgIpc) is 3.01. The molecular weight excluding hydrogens is 266 g/mol. The van der Waals surface area contributed by atoms with Crippen molar-refractivity contribution in [2.45, 2.75) is 32.6 Å². The van der Waals surface area contributed by atoms with Gasteiger partial charge in [-0.3, -0.25) is 9.59 Å². The highest BCUT2D eigenvalue weighted by Gasteiger charge is 2.23. The molecule has 0 saturated carbocycles. The van der Waals surface area contributed by atoms with Gasteiger partial charge < -0.3 is 4.90 Å². The predicted molar refractivity (Wildman–Crippen MR) is 82.1 cm³/mol. The summed E-state index contributed by atoms with van der Waals surface area (Å²) in [6.07, 6.45) is 3.47. The molecule has 0 aromatic heterocycles. The smallest absolute Gasteiger partial charge is 0.329 e. The van der Waals surface area contributed by atoms with E-state index in [1.165, 1.54) is 5.56 Å². The molecule has 1 aromatic rings. The maximum atomic E-state index is 11.7. The molecule has 1 heterocycles. The third-order valence-corrected chi connectivity index (χ3v) is 3.57. The van der Waals surface area contributed by atoms with Crippen molar-refractivity contribution in [1.82, 2.24) is 10.3 Å². The number of likely N-dealkylation sites (tertiary alicyclic amines) is 1. The number of rotatable bonds is 3. The quantitative estimate of drug-likeness (QED) is 0.524. The zero-order valence-corrected chi connectivity index (χ0v) is 12.5. The number of hydrogen-bond donors (Lipinski definition) is 1. The van der Waals surface area contributed by atoms with Crippen molar-refractivity contribution in [3.05, 3.63) is 35.4 Å². The van der Waals surface area contributed by atoms with E-state index in [0.717, 1.165) is 18.4 Å². The summed E-state index contributed by atoms with van der Waals surface area (Å²) in [6.45, 7) is 5.58. The van der Waals surface area contributed by atoms with E-state index in [4.69, 9.17) is 0 Å². The Morgan fingerprint density at radius 2 is 1.81 bits per heavy atom. The van der Waals surface area contributed by atoms with Crippen molar-refractivity contribution in [1.29, 1.82) is 0 Å². The molecule has 0 unspecified atom stereocenters. The Bertz CT molecular complexity index is 529. The van der Waals surface area contributed by atoms with E-state index in [2.05, 4.69) is 24.4 Å². The van der Waals surface area contributed by atoms with Crippen LogP contribution in [0.2, 0.25) is 0 Å². The fraction of sp³-hybridized carbons (Fsp3) is 0.438. The molecule has 112 valence electrons. The van der Waals surface area contributed by atoms with Gasteiger partial charge in [-0.2, -0.15) is 5.10 Å². The van der Waals surface area contributed by atoms with Crippen molar-refractivity contribution in [3.63, 3.8) is 0 Å². The summed E-state index contributed by atoms with van der Waals surface area (Å²) in [5.41, 5.74) is 4.42. The van der Waals surface area contributed by atoms with Gasteiger partial charge in [-0.25, -0.2) is 5.43 Å². The van der Waals surface area contributed by atoms with E-state index in [0.29, 0.717) is 19.0 Å². The van der Waals surface area contributed by atoms with Crippen LogP contribution in [0.1, 0.15) is 43.7 Å². The number of nitrogens with zero attached hydrogens (tertiary/aromatic N) is 2. The molecule has 1 fully saturated rings. The van der Waals surface area contributed by atoms with Crippen LogP contribution in [0.5, 0.6) is 0 Å². The average molecular weight is 287 g/mol. The maximum absolute atomic E-state index is 11.7. The number of amides is 2. The first-order valence-corrected chi connectivity index (χ1v) is 7.30. The van der Waals surface area contributed by atoms with Gasteiger partial charge in [-0.15, -0.1) is 0 Å². The van der Waals surface area contributed by atoms with Gasteiger partial charge in [0.25, 0.3) is 0 Å². The van der Waals surface area contributed by atoms with Crippen LogP contribution in [0, 0.1) is 0 Å². The monoisotopic (exact) mass is 287 g/mol. The van der Waals surface area contributed by atoms with Gasteiger partial charge in [0, 0.05) is 13.1 Å². The minimum atomic E-state index is -0.674. The van der Waals surface area contributed by atoms with E-state index in [1.807, 2.05) is 24.3 Å². The lowest BCUT2D eigenvalue weighted by molar-refractivity contribution is -0.145. The molecule has 1 saturated heterocycles. The van der Waals surface area contributed by atoms with Gasteiger partial charge >= 0.3 is 11.8 Å². The minimum Gasteiger partial charge on any atom is -0.334 e. The molecule has 1 aromatic carbocycles. The highest BCUT2D eigenvalue weighted by molar-refractivity contribution is 6.35. The van der Waals surface area contributed by atoms with E-state index in [-0.39, 0.29) is 0 Å². The fourth-order valence-electron chi connectivity index (χ4n) is 2.24. The van der Waals surface area contributed by atoms with Gasteiger partial charge in [0.1, 0.15) is 0 Å². The Morgan fingerprint density at radius 3 is 2.38 bits per heavy atom. The number of nitrogens with one attached hydrogen (secondary N) is 1. The van der Waals surface area contributed by atoms with Crippen LogP contribution in [0.25, 0.3) is 0 Å².